The number of hydrogen-bond donors (Lipinski definition) is 0. The Labute approximate surface area is 241 Å². The molecule has 2 saturated heterocycles. The largest absolute Gasteiger partial charge is 0.462 e. The number of anilines is 1. The van der Waals surface area contributed by atoms with Crippen molar-refractivity contribution in [2.45, 2.75) is 43.7 Å². The number of rotatable bonds is 7. The third kappa shape index (κ3) is 4.72. The molecule has 8 nitrogen and oxygen atoms in total. The van der Waals surface area contributed by atoms with Gasteiger partial charge in [0.25, 0.3) is 0 Å². The Bertz CT molecular complexity index is 1560. The van der Waals surface area contributed by atoms with Crippen LogP contribution < -0.4 is 9.64 Å². The lowest BCUT2D eigenvalue weighted by molar-refractivity contribution is -0.128. The summed E-state index contributed by atoms with van der Waals surface area (Å²) in [5, 5.41) is 0.958. The number of hydrogen-bond acceptors (Lipinski definition) is 6. The van der Waals surface area contributed by atoms with E-state index in [0.717, 1.165) is 41.5 Å². The van der Waals surface area contributed by atoms with Gasteiger partial charge in [-0.15, -0.1) is 0 Å². The summed E-state index contributed by atoms with van der Waals surface area (Å²) >= 11 is 0. The van der Waals surface area contributed by atoms with E-state index in [2.05, 4.69) is 64.7 Å². The molecule has 0 radical (unpaired) electrons. The lowest BCUT2D eigenvalue weighted by atomic mass is 9.94. The Balaban J connectivity index is 1.26. The quantitative estimate of drug-likeness (QED) is 0.319. The van der Waals surface area contributed by atoms with Gasteiger partial charge in [-0.2, -0.15) is 9.97 Å². The number of benzene rings is 2. The van der Waals surface area contributed by atoms with Crippen molar-refractivity contribution < 1.29 is 9.53 Å². The molecule has 3 aromatic rings. The molecular formula is C33H36N6O2. The second kappa shape index (κ2) is 10.5. The van der Waals surface area contributed by atoms with Gasteiger partial charge in [-0.3, -0.25) is 4.79 Å². The van der Waals surface area contributed by atoms with Crippen LogP contribution in [0.4, 0.5) is 5.82 Å². The van der Waals surface area contributed by atoms with Crippen molar-refractivity contribution >= 4 is 22.6 Å². The first-order chi connectivity index (χ1) is 20.0. The molecule has 2 unspecified atom stereocenters. The number of likely N-dealkylation sites (N-methyl/N-ethyl adjacent to an activating group) is 1. The fraction of sp³-hybridized carbons (Fsp3) is 0.455. The zero-order chi connectivity index (χ0) is 28.1. The van der Waals surface area contributed by atoms with E-state index in [0.29, 0.717) is 38.3 Å². The summed E-state index contributed by atoms with van der Waals surface area (Å²) in [5.41, 5.74) is 6.36. The Morgan fingerprint density at radius 1 is 1.20 bits per heavy atom. The van der Waals surface area contributed by atoms with Crippen LogP contribution in [0.15, 0.2) is 49.1 Å². The maximum absolute atomic E-state index is 12.5. The Morgan fingerprint density at radius 2 is 2.10 bits per heavy atom. The van der Waals surface area contributed by atoms with Crippen molar-refractivity contribution in [2.75, 3.05) is 51.3 Å². The smallest absolute Gasteiger partial charge is 0.319 e. The SMILES string of the molecule is [C-]#[N+]C[C@H]1CN(c2nc(OC[C@@H]3CCCN3C)nc3cc(-c4cccc5c4CC4CC54)ccc23)CCN1C(=O)C=C. The van der Waals surface area contributed by atoms with Crippen molar-refractivity contribution in [3.63, 3.8) is 0 Å². The third-order valence-corrected chi connectivity index (χ3v) is 9.59. The summed E-state index contributed by atoms with van der Waals surface area (Å²) in [6.07, 6.45) is 6.13. The van der Waals surface area contributed by atoms with Crippen LogP contribution in [0, 0.1) is 12.5 Å². The lowest BCUT2D eigenvalue weighted by Gasteiger charge is -2.39. The molecule has 210 valence electrons. The summed E-state index contributed by atoms with van der Waals surface area (Å²) in [5.74, 6) is 2.25. The number of amides is 1. The minimum atomic E-state index is -0.231. The van der Waals surface area contributed by atoms with Crippen LogP contribution in [0.3, 0.4) is 0 Å². The highest BCUT2D eigenvalue weighted by Crippen LogP contribution is 2.57. The molecule has 41 heavy (non-hydrogen) atoms. The molecule has 3 heterocycles. The van der Waals surface area contributed by atoms with Crippen molar-refractivity contribution in [3.8, 4) is 17.1 Å². The molecule has 2 aliphatic heterocycles. The van der Waals surface area contributed by atoms with E-state index in [-0.39, 0.29) is 18.5 Å². The summed E-state index contributed by atoms with van der Waals surface area (Å²) < 4.78 is 6.27. The molecule has 2 aromatic carbocycles. The maximum atomic E-state index is 12.5. The van der Waals surface area contributed by atoms with Crippen LogP contribution >= 0.6 is 0 Å². The molecular weight excluding hydrogens is 512 g/mol. The first kappa shape index (κ1) is 26.0. The molecule has 4 atom stereocenters. The summed E-state index contributed by atoms with van der Waals surface area (Å²) in [6, 6.07) is 13.8. The third-order valence-electron chi connectivity index (χ3n) is 9.59. The predicted molar refractivity (Wildman–Crippen MR) is 160 cm³/mol. The Hall–Kier alpha value is -3.96. The monoisotopic (exact) mass is 548 g/mol. The minimum Gasteiger partial charge on any atom is -0.462 e. The first-order valence-corrected chi connectivity index (χ1v) is 14.8. The number of nitrogens with zero attached hydrogens (tertiary/aromatic N) is 6. The van der Waals surface area contributed by atoms with E-state index in [1.54, 1.807) is 4.90 Å². The standard InChI is InChI=1S/C33H36N6O2/c1-4-31(40)39-14-13-38(19-24(39)18-34-2)32-27-11-10-21(25-8-5-9-26-28-15-22(28)16-29(25)26)17-30(27)35-33(36-32)41-20-23-7-6-12-37(23)3/h4-5,8-11,17,22-24,28H,1,6-7,12-16,18-20H2,3H3/t22?,23-,24-,28?/m0/s1. The van der Waals surface area contributed by atoms with Crippen molar-refractivity contribution in [3.05, 3.63) is 71.6 Å². The van der Waals surface area contributed by atoms with Crippen molar-refractivity contribution in [1.82, 2.24) is 19.8 Å². The molecule has 7 rings (SSSR count). The average molecular weight is 549 g/mol. The number of carbonyl (C=O) groups excluding carboxylic acids is 1. The second-order valence-electron chi connectivity index (χ2n) is 12.0. The minimum absolute atomic E-state index is 0.131. The normalized spacial score (nSPS) is 25.1. The lowest BCUT2D eigenvalue weighted by Crippen LogP contribution is -2.56. The highest BCUT2D eigenvalue weighted by Gasteiger charge is 2.45. The van der Waals surface area contributed by atoms with E-state index < -0.39 is 0 Å². The van der Waals surface area contributed by atoms with Crippen LogP contribution in [0.2, 0.25) is 0 Å². The predicted octanol–water partition coefficient (Wildman–Crippen LogP) is 4.55. The molecule has 0 spiro atoms. The highest BCUT2D eigenvalue weighted by atomic mass is 16.5. The first-order valence-electron chi connectivity index (χ1n) is 14.8. The number of likely N-dealkylation sites (tertiary alicyclic amines) is 1. The van der Waals surface area contributed by atoms with Gasteiger partial charge in [-0.25, -0.2) is 6.57 Å². The topological polar surface area (TPSA) is 66.2 Å². The zero-order valence-electron chi connectivity index (χ0n) is 23.6. The van der Waals surface area contributed by atoms with Crippen LogP contribution in [0.5, 0.6) is 6.01 Å². The van der Waals surface area contributed by atoms with Gasteiger partial charge in [0.15, 0.2) is 0 Å². The van der Waals surface area contributed by atoms with Crippen molar-refractivity contribution in [1.29, 1.82) is 0 Å². The summed E-state index contributed by atoms with van der Waals surface area (Å²) in [7, 11) is 2.14. The van der Waals surface area contributed by atoms with Gasteiger partial charge < -0.3 is 24.3 Å². The van der Waals surface area contributed by atoms with Gasteiger partial charge in [0, 0.05) is 31.1 Å². The maximum Gasteiger partial charge on any atom is 0.319 e. The van der Waals surface area contributed by atoms with Gasteiger partial charge in [-0.1, -0.05) is 30.8 Å². The van der Waals surface area contributed by atoms with Gasteiger partial charge >= 0.3 is 6.01 Å². The molecule has 0 bridgehead atoms. The Kier molecular flexibility index (Phi) is 6.63. The van der Waals surface area contributed by atoms with Gasteiger partial charge in [0.05, 0.1) is 5.52 Å². The van der Waals surface area contributed by atoms with Crippen LogP contribution in [-0.4, -0.2) is 84.1 Å². The zero-order valence-corrected chi connectivity index (χ0v) is 23.6. The molecule has 4 aliphatic rings. The van der Waals surface area contributed by atoms with Crippen LogP contribution in [0.1, 0.15) is 36.3 Å². The molecule has 1 saturated carbocycles. The van der Waals surface area contributed by atoms with Crippen molar-refractivity contribution in [2.24, 2.45) is 5.92 Å². The molecule has 2 aliphatic carbocycles. The van der Waals surface area contributed by atoms with Gasteiger partial charge in [0.2, 0.25) is 12.5 Å². The molecule has 0 N–H and O–H groups in total. The van der Waals surface area contributed by atoms with Gasteiger partial charge in [-0.05, 0) is 91.6 Å². The highest BCUT2D eigenvalue weighted by molar-refractivity contribution is 5.94. The number of aromatic nitrogens is 2. The second-order valence-corrected chi connectivity index (χ2v) is 12.0. The number of carbonyl (C=O) groups is 1. The Morgan fingerprint density at radius 3 is 2.90 bits per heavy atom. The molecule has 1 amide bonds. The van der Waals surface area contributed by atoms with E-state index in [9.17, 15) is 4.79 Å². The molecule has 1 aromatic heterocycles. The summed E-state index contributed by atoms with van der Waals surface area (Å²) in [4.78, 5) is 32.3. The fourth-order valence-electron chi connectivity index (χ4n) is 7.21. The fourth-order valence-corrected chi connectivity index (χ4v) is 7.21. The number of piperazine rings is 1. The van der Waals surface area contributed by atoms with E-state index >= 15 is 0 Å². The number of fused-ring (bicyclic) bond motifs is 4. The van der Waals surface area contributed by atoms with Crippen LogP contribution in [0.25, 0.3) is 26.9 Å². The van der Waals surface area contributed by atoms with Crippen LogP contribution in [-0.2, 0) is 11.2 Å². The van der Waals surface area contributed by atoms with E-state index in [1.807, 2.05) is 0 Å². The molecule has 3 fully saturated rings. The molecule has 8 heteroatoms. The summed E-state index contributed by atoms with van der Waals surface area (Å²) in [6.45, 7) is 14.7. The van der Waals surface area contributed by atoms with E-state index in [1.165, 1.54) is 47.6 Å². The number of ether oxygens (including phenoxy) is 1. The van der Waals surface area contributed by atoms with E-state index in [4.69, 9.17) is 21.3 Å². The average Bonchev–Trinajstić information content (AvgIpc) is 3.49. The van der Waals surface area contributed by atoms with Gasteiger partial charge in [0.1, 0.15) is 18.5 Å².